The first-order valence-electron chi connectivity index (χ1n) is 10.6. The van der Waals surface area contributed by atoms with Gasteiger partial charge >= 0.3 is 12.1 Å². The second kappa shape index (κ2) is 8.45. The number of halogens is 4. The monoisotopic (exact) mass is 485 g/mol. The van der Waals surface area contributed by atoms with Crippen LogP contribution in [0, 0.1) is 0 Å². The van der Waals surface area contributed by atoms with Gasteiger partial charge in [0, 0.05) is 29.5 Å². The molecule has 0 saturated carbocycles. The first-order chi connectivity index (χ1) is 16.2. The molecule has 0 aromatic heterocycles. The molecule has 2 heterocycles. The van der Waals surface area contributed by atoms with E-state index in [0.29, 0.717) is 34.8 Å². The third-order valence-corrected chi connectivity index (χ3v) is 6.38. The lowest BCUT2D eigenvalue weighted by Crippen LogP contribution is -2.30. The highest BCUT2D eigenvalue weighted by Crippen LogP contribution is 2.41. The van der Waals surface area contributed by atoms with E-state index in [1.165, 1.54) is 12.1 Å². The zero-order valence-corrected chi connectivity index (χ0v) is 18.5. The summed E-state index contributed by atoms with van der Waals surface area (Å²) in [6, 6.07) is 16.1. The number of anilines is 2. The van der Waals surface area contributed by atoms with E-state index >= 15 is 0 Å². The van der Waals surface area contributed by atoms with Crippen molar-refractivity contribution in [1.82, 2.24) is 0 Å². The molecule has 1 atom stereocenters. The molecule has 0 spiro atoms. The van der Waals surface area contributed by atoms with Gasteiger partial charge in [0.15, 0.2) is 0 Å². The van der Waals surface area contributed by atoms with Crippen molar-refractivity contribution >= 4 is 34.7 Å². The van der Waals surface area contributed by atoms with E-state index in [-0.39, 0.29) is 12.5 Å². The Morgan fingerprint density at radius 2 is 1.76 bits per heavy atom. The maximum absolute atomic E-state index is 12.9. The number of nitrogens with zero attached hydrogens (tertiary/aromatic N) is 2. The van der Waals surface area contributed by atoms with Gasteiger partial charge in [-0.15, -0.1) is 0 Å². The van der Waals surface area contributed by atoms with E-state index in [2.05, 4.69) is 14.9 Å². The summed E-state index contributed by atoms with van der Waals surface area (Å²) in [6.45, 7) is 0.673. The van der Waals surface area contributed by atoms with Crippen LogP contribution in [0.2, 0.25) is 5.02 Å². The summed E-state index contributed by atoms with van der Waals surface area (Å²) >= 11 is 6.50. The number of nitrogens with two attached hydrogens (primary N) is 1. The molecule has 3 aromatic carbocycles. The summed E-state index contributed by atoms with van der Waals surface area (Å²) in [5.74, 6) is -0.419. The summed E-state index contributed by atoms with van der Waals surface area (Å²) in [5, 5.41) is 4.23. The van der Waals surface area contributed by atoms with Crippen LogP contribution in [-0.4, -0.2) is 18.2 Å². The number of hydrogen-bond donors (Lipinski definition) is 1. The summed E-state index contributed by atoms with van der Waals surface area (Å²) in [4.78, 5) is 18.1. The third kappa shape index (κ3) is 4.15. The minimum atomic E-state index is -4.37. The molecule has 34 heavy (non-hydrogen) atoms. The number of carbonyl (C=O) groups excluding carboxylic acids is 1. The van der Waals surface area contributed by atoms with Crippen LogP contribution >= 0.6 is 11.6 Å². The molecule has 0 radical (unpaired) electrons. The molecule has 2 aliphatic rings. The Kier molecular flexibility index (Phi) is 5.58. The molecule has 0 bridgehead atoms. The van der Waals surface area contributed by atoms with Crippen molar-refractivity contribution in [3.63, 3.8) is 0 Å². The maximum atomic E-state index is 12.9. The Bertz CT molecular complexity index is 1310. The minimum Gasteiger partial charge on any atom is -0.341 e. The molecule has 0 aliphatic carbocycles. The van der Waals surface area contributed by atoms with Crippen LogP contribution in [-0.2, 0) is 15.8 Å². The average molecular weight is 486 g/mol. The lowest BCUT2D eigenvalue weighted by molar-refractivity contribution is -0.140. The van der Waals surface area contributed by atoms with E-state index in [4.69, 9.17) is 17.3 Å². The first-order valence-corrected chi connectivity index (χ1v) is 11.0. The van der Waals surface area contributed by atoms with Crippen molar-refractivity contribution in [2.45, 2.75) is 25.1 Å². The van der Waals surface area contributed by atoms with Gasteiger partial charge in [0.1, 0.15) is 5.71 Å². The second-order valence-corrected chi connectivity index (χ2v) is 8.64. The Labute approximate surface area is 198 Å². The first kappa shape index (κ1) is 22.4. The molecule has 0 fully saturated rings. The molecular formula is C25H19ClF3N3O2. The number of carbonyl (C=O) groups is 1. The van der Waals surface area contributed by atoms with Crippen molar-refractivity contribution in [1.29, 1.82) is 0 Å². The van der Waals surface area contributed by atoms with E-state index in [1.54, 1.807) is 0 Å². The zero-order valence-electron chi connectivity index (χ0n) is 17.8. The zero-order chi connectivity index (χ0) is 24.0. The summed E-state index contributed by atoms with van der Waals surface area (Å²) < 4.78 is 38.7. The van der Waals surface area contributed by atoms with Crippen LogP contribution in [0.1, 0.15) is 35.6 Å². The summed E-state index contributed by atoms with van der Waals surface area (Å²) in [5.41, 5.74) is 11.0. The summed E-state index contributed by atoms with van der Waals surface area (Å²) in [6.07, 6.45) is -3.61. The smallest absolute Gasteiger partial charge is 0.341 e. The van der Waals surface area contributed by atoms with Crippen molar-refractivity contribution in [3.8, 4) is 11.1 Å². The molecular weight excluding hydrogens is 467 g/mol. The standard InChI is InChI=1S/C25H19ClF3N3O2/c26-20-12-17(6-7-18(20)22-13-24(33)34-31-22)32-10-9-21(30)19-11-15(3-8-23(19)32)14-1-4-16(5-2-14)25(27,28)29/h1-8,11-12,21H,9-10,13,30H2. The molecule has 0 amide bonds. The highest BCUT2D eigenvalue weighted by Gasteiger charge is 2.30. The highest BCUT2D eigenvalue weighted by molar-refractivity contribution is 6.35. The van der Waals surface area contributed by atoms with Crippen molar-refractivity contribution < 1.29 is 22.8 Å². The average Bonchev–Trinajstić information content (AvgIpc) is 3.24. The predicted molar refractivity (Wildman–Crippen MR) is 124 cm³/mol. The fourth-order valence-electron chi connectivity index (χ4n) is 4.30. The SMILES string of the molecule is NC1CCN(c2ccc(C3=NOC(=O)C3)c(Cl)c2)c2ccc(-c3ccc(C(F)(F)F)cc3)cc21. The molecule has 0 saturated heterocycles. The molecule has 5 rings (SSSR count). The number of fused-ring (bicyclic) bond motifs is 1. The molecule has 2 aliphatic heterocycles. The number of alkyl halides is 3. The van der Waals surface area contributed by atoms with Gasteiger partial charge in [-0.1, -0.05) is 35.0 Å². The van der Waals surface area contributed by atoms with Crippen molar-refractivity contribution in [3.05, 3.63) is 82.4 Å². The van der Waals surface area contributed by atoms with Crippen LogP contribution in [0.4, 0.5) is 24.5 Å². The van der Waals surface area contributed by atoms with Gasteiger partial charge in [-0.2, -0.15) is 13.2 Å². The Balaban J connectivity index is 1.46. The topological polar surface area (TPSA) is 67.9 Å². The van der Waals surface area contributed by atoms with Crippen LogP contribution < -0.4 is 10.6 Å². The van der Waals surface area contributed by atoms with Crippen LogP contribution in [0.25, 0.3) is 11.1 Å². The molecule has 5 nitrogen and oxygen atoms in total. The normalized spacial score (nSPS) is 17.9. The quantitative estimate of drug-likeness (QED) is 0.447. The Hall–Kier alpha value is -3.36. The van der Waals surface area contributed by atoms with Crippen molar-refractivity contribution in [2.24, 2.45) is 10.9 Å². The highest BCUT2D eigenvalue weighted by atomic mass is 35.5. The van der Waals surface area contributed by atoms with E-state index < -0.39 is 17.7 Å². The van der Waals surface area contributed by atoms with E-state index in [9.17, 15) is 18.0 Å². The molecule has 1 unspecified atom stereocenters. The fourth-order valence-corrected chi connectivity index (χ4v) is 4.58. The van der Waals surface area contributed by atoms with Gasteiger partial charge in [0.05, 0.1) is 17.0 Å². The molecule has 2 N–H and O–H groups in total. The maximum Gasteiger partial charge on any atom is 0.416 e. The Morgan fingerprint density at radius 3 is 2.41 bits per heavy atom. The number of benzene rings is 3. The third-order valence-electron chi connectivity index (χ3n) is 6.07. The van der Waals surface area contributed by atoms with Gasteiger partial charge in [-0.05, 0) is 65.6 Å². The van der Waals surface area contributed by atoms with Gasteiger partial charge in [0.25, 0.3) is 0 Å². The summed E-state index contributed by atoms with van der Waals surface area (Å²) in [7, 11) is 0. The predicted octanol–water partition coefficient (Wildman–Crippen LogP) is 6.22. The number of rotatable bonds is 3. The number of hydrogen-bond acceptors (Lipinski definition) is 5. The second-order valence-electron chi connectivity index (χ2n) is 8.24. The minimum absolute atomic E-state index is 0.0766. The van der Waals surface area contributed by atoms with E-state index in [0.717, 1.165) is 34.6 Å². The van der Waals surface area contributed by atoms with Crippen LogP contribution in [0.15, 0.2) is 65.8 Å². The largest absolute Gasteiger partial charge is 0.416 e. The van der Waals surface area contributed by atoms with Gasteiger partial charge < -0.3 is 15.5 Å². The lowest BCUT2D eigenvalue weighted by Gasteiger charge is -2.35. The fraction of sp³-hybridized carbons (Fsp3) is 0.200. The van der Waals surface area contributed by atoms with Crippen LogP contribution in [0.3, 0.4) is 0 Å². The Morgan fingerprint density at radius 1 is 1.03 bits per heavy atom. The van der Waals surface area contributed by atoms with E-state index in [1.807, 2.05) is 36.4 Å². The van der Waals surface area contributed by atoms with Crippen molar-refractivity contribution in [2.75, 3.05) is 11.4 Å². The van der Waals surface area contributed by atoms with Gasteiger partial charge in [-0.25, -0.2) is 4.79 Å². The lowest BCUT2D eigenvalue weighted by atomic mass is 9.92. The van der Waals surface area contributed by atoms with Gasteiger partial charge in [-0.3, -0.25) is 0 Å². The molecule has 3 aromatic rings. The molecule has 174 valence electrons. The van der Waals surface area contributed by atoms with Gasteiger partial charge in [0.2, 0.25) is 0 Å². The molecule has 9 heteroatoms. The van der Waals surface area contributed by atoms with Crippen LogP contribution in [0.5, 0.6) is 0 Å². The number of oxime groups is 1.